The average molecular weight is 726 g/mol. The standard InChI is InChI=1S/C29H22N6O9S2.Cu/c1-16-12-25(26(37)15-24(16)33-31-19-4-9-22(10-5-19)45-43-41-39)34-35-28-27(46-44-42-40)14-17-13-20(6-11-23(17)29(28)38)32-30-18-2-7-21(36)8-3-18;/h2-15,36-40H,1H3;. The van der Waals surface area contributed by atoms with Crippen molar-refractivity contribution in [1.82, 2.24) is 0 Å². The average Bonchev–Trinajstić information content (AvgIpc) is 3.06. The maximum Gasteiger partial charge on any atom is 0.152 e. The number of phenols is 3. The maximum atomic E-state index is 11.1. The minimum atomic E-state index is -0.256. The summed E-state index contributed by atoms with van der Waals surface area (Å²) in [7, 11) is 0. The summed E-state index contributed by atoms with van der Waals surface area (Å²) in [5.41, 5.74) is 2.59. The molecule has 5 aromatic carbocycles. The molecular formula is C29H22CuN6O9S2. The first-order valence-corrected chi connectivity index (χ1v) is 14.4. The second-order valence-electron chi connectivity index (χ2n) is 9.17. The van der Waals surface area contributed by atoms with Crippen LogP contribution in [0.5, 0.6) is 17.2 Å². The van der Waals surface area contributed by atoms with E-state index in [4.69, 9.17) is 10.5 Å². The minimum Gasteiger partial charge on any atom is -0.508 e. The van der Waals surface area contributed by atoms with Gasteiger partial charge in [0.1, 0.15) is 22.9 Å². The van der Waals surface area contributed by atoms with Crippen LogP contribution in [0.3, 0.4) is 0 Å². The van der Waals surface area contributed by atoms with Crippen molar-refractivity contribution in [3.8, 4) is 17.2 Å². The first-order valence-electron chi connectivity index (χ1n) is 12.9. The third kappa shape index (κ3) is 9.31. The zero-order valence-corrected chi connectivity index (χ0v) is 26.3. The number of nitrogens with zero attached hydrogens (tertiary/aromatic N) is 6. The predicted molar refractivity (Wildman–Crippen MR) is 167 cm³/mol. The summed E-state index contributed by atoms with van der Waals surface area (Å²) < 4.78 is 8.99. The van der Waals surface area contributed by atoms with E-state index in [1.807, 2.05) is 0 Å². The number of benzene rings is 5. The molecule has 0 spiro atoms. The van der Waals surface area contributed by atoms with E-state index in [-0.39, 0.29) is 50.6 Å². The fraction of sp³-hybridized carbons (Fsp3) is 0.0345. The van der Waals surface area contributed by atoms with E-state index in [0.29, 0.717) is 56.0 Å². The molecule has 0 atom stereocenters. The maximum absolute atomic E-state index is 11.1. The Morgan fingerprint density at radius 1 is 0.596 bits per heavy atom. The number of rotatable bonds is 12. The Labute approximate surface area is 284 Å². The zero-order valence-electron chi connectivity index (χ0n) is 23.8. The second-order valence-corrected chi connectivity index (χ2v) is 10.7. The van der Waals surface area contributed by atoms with Crippen molar-refractivity contribution in [2.75, 3.05) is 0 Å². The van der Waals surface area contributed by atoms with Gasteiger partial charge in [0.25, 0.3) is 0 Å². The largest absolute Gasteiger partial charge is 0.508 e. The van der Waals surface area contributed by atoms with E-state index in [9.17, 15) is 15.3 Å². The van der Waals surface area contributed by atoms with Crippen LogP contribution in [0.4, 0.5) is 34.1 Å². The van der Waals surface area contributed by atoms with Crippen molar-refractivity contribution in [3.63, 3.8) is 0 Å². The normalized spacial score (nSPS) is 11.6. The summed E-state index contributed by atoms with van der Waals surface area (Å²) in [5, 5.41) is 81.4. The van der Waals surface area contributed by atoms with Gasteiger partial charge in [-0.1, -0.05) is 10.1 Å². The van der Waals surface area contributed by atoms with E-state index in [1.165, 1.54) is 18.2 Å². The summed E-state index contributed by atoms with van der Waals surface area (Å²) in [5.74, 6) is -0.392. The molecular weight excluding hydrogens is 704 g/mol. The van der Waals surface area contributed by atoms with Crippen LogP contribution in [-0.4, -0.2) is 25.8 Å². The molecule has 0 aliphatic rings. The molecule has 1 radical (unpaired) electrons. The van der Waals surface area contributed by atoms with Gasteiger partial charge < -0.3 is 15.3 Å². The molecule has 245 valence electrons. The molecule has 0 fully saturated rings. The van der Waals surface area contributed by atoms with Gasteiger partial charge in [0, 0.05) is 33.4 Å². The topological polar surface area (TPSA) is 212 Å². The van der Waals surface area contributed by atoms with Gasteiger partial charge in [-0.15, -0.1) is 18.9 Å². The first-order chi connectivity index (χ1) is 22.3. The van der Waals surface area contributed by atoms with Crippen LogP contribution in [0.2, 0.25) is 0 Å². The molecule has 0 aliphatic carbocycles. The predicted octanol–water partition coefficient (Wildman–Crippen LogP) is 10.4. The van der Waals surface area contributed by atoms with E-state index in [0.717, 1.165) is 12.0 Å². The number of aromatic hydroxyl groups is 3. The third-order valence-electron chi connectivity index (χ3n) is 6.14. The Morgan fingerprint density at radius 3 is 1.89 bits per heavy atom. The van der Waals surface area contributed by atoms with Crippen LogP contribution >= 0.6 is 24.1 Å². The number of azo groups is 3. The van der Waals surface area contributed by atoms with Crippen molar-refractivity contribution in [2.24, 2.45) is 30.7 Å². The number of aryl methyl sites for hydroxylation is 1. The quantitative estimate of drug-likeness (QED) is 0.0268. The molecule has 5 aromatic rings. The van der Waals surface area contributed by atoms with Crippen LogP contribution in [0.15, 0.2) is 125 Å². The molecule has 18 heteroatoms. The zero-order chi connectivity index (χ0) is 32.5. The van der Waals surface area contributed by atoms with E-state index >= 15 is 0 Å². The van der Waals surface area contributed by atoms with Gasteiger partial charge in [0.05, 0.1) is 51.7 Å². The molecule has 0 aromatic heterocycles. The van der Waals surface area contributed by atoms with Crippen LogP contribution in [0, 0.1) is 6.92 Å². The van der Waals surface area contributed by atoms with Crippen molar-refractivity contribution in [2.45, 2.75) is 16.7 Å². The smallest absolute Gasteiger partial charge is 0.152 e. The van der Waals surface area contributed by atoms with Gasteiger partial charge in [0.15, 0.2) is 5.75 Å². The van der Waals surface area contributed by atoms with Gasteiger partial charge in [0.2, 0.25) is 0 Å². The summed E-state index contributed by atoms with van der Waals surface area (Å²) >= 11 is 1.38. The first kappa shape index (κ1) is 35.4. The third-order valence-corrected chi connectivity index (χ3v) is 7.35. The van der Waals surface area contributed by atoms with Crippen LogP contribution in [0.1, 0.15) is 5.56 Å². The van der Waals surface area contributed by atoms with Gasteiger partial charge in [-0.05, 0) is 96.7 Å². The van der Waals surface area contributed by atoms with Crippen molar-refractivity contribution in [1.29, 1.82) is 0 Å². The summed E-state index contributed by atoms with van der Waals surface area (Å²) in [6, 6.07) is 22.4. The van der Waals surface area contributed by atoms with Crippen molar-refractivity contribution >= 4 is 69.0 Å². The van der Waals surface area contributed by atoms with E-state index in [2.05, 4.69) is 49.4 Å². The molecule has 0 saturated heterocycles. The molecule has 0 saturated carbocycles. The van der Waals surface area contributed by atoms with E-state index in [1.54, 1.807) is 73.7 Å². The molecule has 0 unspecified atom stereocenters. The summed E-state index contributed by atoms with van der Waals surface area (Å²) in [6.07, 6.45) is 0. The fourth-order valence-electron chi connectivity index (χ4n) is 3.94. The monoisotopic (exact) mass is 725 g/mol. The number of phenolic OH excluding ortho intramolecular Hbond substituents is 3. The van der Waals surface area contributed by atoms with Gasteiger partial charge in [-0.2, -0.15) is 20.5 Å². The van der Waals surface area contributed by atoms with Crippen molar-refractivity contribution in [3.05, 3.63) is 90.5 Å². The fourth-order valence-corrected chi connectivity index (χ4v) is 4.80. The Morgan fingerprint density at radius 2 is 1.19 bits per heavy atom. The Hall–Kier alpha value is -4.46. The second kappa shape index (κ2) is 16.9. The molecule has 47 heavy (non-hydrogen) atoms. The molecule has 15 nitrogen and oxygen atoms in total. The molecule has 0 aliphatic heterocycles. The van der Waals surface area contributed by atoms with Gasteiger partial charge in [-0.25, -0.2) is 10.5 Å². The molecule has 5 N–H and O–H groups in total. The van der Waals surface area contributed by atoms with E-state index < -0.39 is 0 Å². The summed E-state index contributed by atoms with van der Waals surface area (Å²) in [6.45, 7) is 1.75. The molecule has 5 rings (SSSR count). The number of hydrogen-bond donors (Lipinski definition) is 5. The Bertz CT molecular complexity index is 1930. The number of fused-ring (bicyclic) bond motifs is 1. The van der Waals surface area contributed by atoms with Crippen LogP contribution < -0.4 is 0 Å². The van der Waals surface area contributed by atoms with Gasteiger partial charge in [-0.3, -0.25) is 0 Å². The molecule has 0 bridgehead atoms. The SMILES string of the molecule is Cc1cc(N=Nc2c(SOOO)cc3cc(N=Nc4ccc(O)cc4)ccc3c2O)c(O)cc1N=Nc1ccc(SOOO)cc1.[Cu]. The van der Waals surface area contributed by atoms with Crippen LogP contribution in [-0.2, 0) is 35.8 Å². The molecule has 0 heterocycles. The number of hydrogen-bond acceptors (Lipinski definition) is 17. The Balaban J connectivity index is 0.00000500. The minimum absolute atomic E-state index is 0. The Kier molecular flexibility index (Phi) is 12.7. The summed E-state index contributed by atoms with van der Waals surface area (Å²) in [4.78, 5) is 0.876. The van der Waals surface area contributed by atoms with Crippen LogP contribution in [0.25, 0.3) is 10.8 Å². The van der Waals surface area contributed by atoms with Crippen molar-refractivity contribution < 1.29 is 61.6 Å². The molecule has 0 amide bonds. The van der Waals surface area contributed by atoms with Gasteiger partial charge >= 0.3 is 0 Å².